The van der Waals surface area contributed by atoms with Crippen LogP contribution in [0.4, 0.5) is 5.82 Å². The van der Waals surface area contributed by atoms with E-state index >= 15 is 0 Å². The van der Waals surface area contributed by atoms with Crippen LogP contribution < -0.4 is 10.2 Å². The van der Waals surface area contributed by atoms with Crippen LogP contribution in [0.25, 0.3) is 11.0 Å². The maximum Gasteiger partial charge on any atom is 0.180 e. The molecule has 0 radical (unpaired) electrons. The molecule has 0 aliphatic carbocycles. The van der Waals surface area contributed by atoms with Crippen molar-refractivity contribution in [3.05, 3.63) is 24.3 Å². The lowest BCUT2D eigenvalue weighted by molar-refractivity contribution is 0.439. The second-order valence-corrected chi connectivity index (χ2v) is 4.30. The summed E-state index contributed by atoms with van der Waals surface area (Å²) in [5.41, 5.74) is 0.865. The van der Waals surface area contributed by atoms with Crippen molar-refractivity contribution < 1.29 is 4.52 Å². The first-order valence-corrected chi connectivity index (χ1v) is 5.67. The average molecular weight is 217 g/mol. The molecule has 1 aliphatic heterocycles. The molecule has 0 bridgehead atoms. The standard InChI is InChI=1S/C12H15N3O/c1-9-8-15(7-6-13-9)12-10-4-2-3-5-11(10)16-14-12/h2-5,9,13H,6-8H2,1H3/t9-/m1/s1. The minimum atomic E-state index is 0.504. The molecule has 0 spiro atoms. The molecule has 2 aromatic rings. The summed E-state index contributed by atoms with van der Waals surface area (Å²) in [6.07, 6.45) is 0. The van der Waals surface area contributed by atoms with Crippen LogP contribution in [0.2, 0.25) is 0 Å². The Morgan fingerprint density at radius 2 is 2.31 bits per heavy atom. The molecule has 4 nitrogen and oxygen atoms in total. The first-order chi connectivity index (χ1) is 7.84. The fraction of sp³-hybridized carbons (Fsp3) is 0.417. The van der Waals surface area contributed by atoms with E-state index in [-0.39, 0.29) is 0 Å². The number of nitrogens with zero attached hydrogens (tertiary/aromatic N) is 2. The highest BCUT2D eigenvalue weighted by Gasteiger charge is 2.20. The second kappa shape index (κ2) is 3.79. The van der Waals surface area contributed by atoms with E-state index in [0.29, 0.717) is 6.04 Å². The van der Waals surface area contributed by atoms with E-state index < -0.39 is 0 Å². The van der Waals surface area contributed by atoms with Crippen LogP contribution in [0.15, 0.2) is 28.8 Å². The predicted molar refractivity (Wildman–Crippen MR) is 63.7 cm³/mol. The van der Waals surface area contributed by atoms with Crippen LogP contribution in [0.1, 0.15) is 6.92 Å². The van der Waals surface area contributed by atoms with Crippen LogP contribution in [0.5, 0.6) is 0 Å². The van der Waals surface area contributed by atoms with E-state index in [4.69, 9.17) is 4.52 Å². The molecule has 2 heterocycles. The van der Waals surface area contributed by atoms with Gasteiger partial charge in [-0.25, -0.2) is 0 Å². The number of hydrogen-bond acceptors (Lipinski definition) is 4. The third kappa shape index (κ3) is 1.55. The number of nitrogens with one attached hydrogen (secondary N) is 1. The van der Waals surface area contributed by atoms with Gasteiger partial charge in [0.15, 0.2) is 11.4 Å². The Morgan fingerprint density at radius 3 is 3.19 bits per heavy atom. The normalized spacial score (nSPS) is 21.6. The lowest BCUT2D eigenvalue weighted by Gasteiger charge is -2.31. The second-order valence-electron chi connectivity index (χ2n) is 4.30. The minimum absolute atomic E-state index is 0.504. The molecule has 0 unspecified atom stereocenters. The number of fused-ring (bicyclic) bond motifs is 1. The molecular formula is C12H15N3O. The molecule has 1 aromatic carbocycles. The summed E-state index contributed by atoms with van der Waals surface area (Å²) in [5.74, 6) is 0.976. The highest BCUT2D eigenvalue weighted by Crippen LogP contribution is 2.26. The van der Waals surface area contributed by atoms with Crippen molar-refractivity contribution in [1.29, 1.82) is 0 Å². The summed E-state index contributed by atoms with van der Waals surface area (Å²) in [6, 6.07) is 8.52. The maximum absolute atomic E-state index is 5.33. The molecule has 1 aromatic heterocycles. The molecule has 3 rings (SSSR count). The number of aromatic nitrogens is 1. The Hall–Kier alpha value is -1.55. The molecule has 84 valence electrons. The van der Waals surface area contributed by atoms with E-state index in [0.717, 1.165) is 36.4 Å². The summed E-state index contributed by atoms with van der Waals surface area (Å²) < 4.78 is 5.33. The summed E-state index contributed by atoms with van der Waals surface area (Å²) in [7, 11) is 0. The lowest BCUT2D eigenvalue weighted by atomic mass is 10.2. The molecule has 1 aliphatic rings. The van der Waals surface area contributed by atoms with Gasteiger partial charge in [0.05, 0.1) is 5.39 Å². The van der Waals surface area contributed by atoms with Crippen molar-refractivity contribution in [3.8, 4) is 0 Å². The molecule has 1 atom stereocenters. The number of benzene rings is 1. The highest BCUT2D eigenvalue weighted by molar-refractivity contribution is 5.88. The molecule has 0 amide bonds. The zero-order valence-corrected chi connectivity index (χ0v) is 9.31. The van der Waals surface area contributed by atoms with Gasteiger partial charge in [-0.05, 0) is 19.1 Å². The summed E-state index contributed by atoms with van der Waals surface area (Å²) >= 11 is 0. The van der Waals surface area contributed by atoms with Gasteiger partial charge in [0.1, 0.15) is 0 Å². The average Bonchev–Trinajstić information content (AvgIpc) is 2.72. The highest BCUT2D eigenvalue weighted by atomic mass is 16.5. The fourth-order valence-corrected chi connectivity index (χ4v) is 2.23. The van der Waals surface area contributed by atoms with Gasteiger partial charge in [-0.1, -0.05) is 17.3 Å². The van der Waals surface area contributed by atoms with Crippen LogP contribution in [0.3, 0.4) is 0 Å². The van der Waals surface area contributed by atoms with Crippen molar-refractivity contribution in [2.75, 3.05) is 24.5 Å². The molecule has 4 heteroatoms. The number of rotatable bonds is 1. The van der Waals surface area contributed by atoms with E-state index in [1.54, 1.807) is 0 Å². The van der Waals surface area contributed by atoms with Gasteiger partial charge in [0.2, 0.25) is 0 Å². The van der Waals surface area contributed by atoms with Gasteiger partial charge < -0.3 is 14.7 Å². The van der Waals surface area contributed by atoms with Gasteiger partial charge >= 0.3 is 0 Å². The summed E-state index contributed by atoms with van der Waals surface area (Å²) in [4.78, 5) is 2.28. The van der Waals surface area contributed by atoms with Crippen LogP contribution in [-0.4, -0.2) is 30.8 Å². The molecule has 0 saturated carbocycles. The molecule has 1 saturated heterocycles. The Balaban J connectivity index is 1.99. The van der Waals surface area contributed by atoms with Gasteiger partial charge in [-0.15, -0.1) is 0 Å². The Morgan fingerprint density at radius 1 is 1.44 bits per heavy atom. The SMILES string of the molecule is C[C@@H]1CN(c2noc3ccccc23)CCN1. The van der Waals surface area contributed by atoms with Gasteiger partial charge in [0.25, 0.3) is 0 Å². The smallest absolute Gasteiger partial charge is 0.180 e. The van der Waals surface area contributed by atoms with E-state index in [9.17, 15) is 0 Å². The first kappa shape index (κ1) is 9.66. The quantitative estimate of drug-likeness (QED) is 0.788. The third-order valence-electron chi connectivity index (χ3n) is 3.03. The number of hydrogen-bond donors (Lipinski definition) is 1. The Labute approximate surface area is 94.2 Å². The number of para-hydroxylation sites is 1. The van der Waals surface area contributed by atoms with Crippen LogP contribution in [-0.2, 0) is 0 Å². The Bertz CT molecular complexity index is 494. The third-order valence-corrected chi connectivity index (χ3v) is 3.03. The van der Waals surface area contributed by atoms with Gasteiger partial charge in [-0.3, -0.25) is 0 Å². The van der Waals surface area contributed by atoms with Crippen LogP contribution >= 0.6 is 0 Å². The van der Waals surface area contributed by atoms with Crippen molar-refractivity contribution >= 4 is 16.8 Å². The van der Waals surface area contributed by atoms with E-state index in [1.807, 2.05) is 18.2 Å². The van der Waals surface area contributed by atoms with Crippen molar-refractivity contribution in [3.63, 3.8) is 0 Å². The predicted octanol–water partition coefficient (Wildman–Crippen LogP) is 1.63. The topological polar surface area (TPSA) is 41.3 Å². The van der Waals surface area contributed by atoms with Gasteiger partial charge in [-0.2, -0.15) is 0 Å². The van der Waals surface area contributed by atoms with Crippen LogP contribution in [0, 0.1) is 0 Å². The number of piperazine rings is 1. The number of anilines is 1. The molecule has 1 fully saturated rings. The molecular weight excluding hydrogens is 202 g/mol. The Kier molecular flexibility index (Phi) is 2.29. The molecule has 16 heavy (non-hydrogen) atoms. The fourth-order valence-electron chi connectivity index (χ4n) is 2.23. The van der Waals surface area contributed by atoms with Crippen molar-refractivity contribution in [2.24, 2.45) is 0 Å². The first-order valence-electron chi connectivity index (χ1n) is 5.67. The van der Waals surface area contributed by atoms with Gasteiger partial charge in [0, 0.05) is 25.7 Å². The maximum atomic E-state index is 5.33. The zero-order chi connectivity index (χ0) is 11.0. The zero-order valence-electron chi connectivity index (χ0n) is 9.31. The largest absolute Gasteiger partial charge is 0.354 e. The summed E-state index contributed by atoms with van der Waals surface area (Å²) in [5, 5.41) is 8.71. The van der Waals surface area contributed by atoms with Crippen molar-refractivity contribution in [1.82, 2.24) is 10.5 Å². The summed E-state index contributed by atoms with van der Waals surface area (Å²) in [6.45, 7) is 5.16. The van der Waals surface area contributed by atoms with E-state index in [1.165, 1.54) is 0 Å². The van der Waals surface area contributed by atoms with Crippen molar-refractivity contribution in [2.45, 2.75) is 13.0 Å². The van der Waals surface area contributed by atoms with E-state index in [2.05, 4.69) is 28.4 Å². The lowest BCUT2D eigenvalue weighted by Crippen LogP contribution is -2.49. The molecule has 1 N–H and O–H groups in total. The minimum Gasteiger partial charge on any atom is -0.354 e. The monoisotopic (exact) mass is 217 g/mol.